The molecule has 13 heteroatoms. The molecule has 0 aliphatic heterocycles. The van der Waals surface area contributed by atoms with E-state index in [0.717, 1.165) is 27.8 Å². The van der Waals surface area contributed by atoms with E-state index in [1.807, 2.05) is 101 Å². The van der Waals surface area contributed by atoms with Crippen LogP contribution in [0.3, 0.4) is 0 Å². The summed E-state index contributed by atoms with van der Waals surface area (Å²) in [6.45, 7) is 14.8. The van der Waals surface area contributed by atoms with E-state index in [2.05, 4.69) is 27.8 Å². The van der Waals surface area contributed by atoms with Crippen LogP contribution in [0.1, 0.15) is 112 Å². The van der Waals surface area contributed by atoms with Gasteiger partial charge in [0.1, 0.15) is 23.4 Å². The van der Waals surface area contributed by atoms with E-state index >= 15 is 0 Å². The summed E-state index contributed by atoms with van der Waals surface area (Å²) >= 11 is 1.18. The van der Waals surface area contributed by atoms with Crippen molar-refractivity contribution in [3.63, 3.8) is 0 Å². The molecular weight excluding hydrogens is 793 g/mol. The fourth-order valence-electron chi connectivity index (χ4n) is 7.97. The first-order valence-corrected chi connectivity index (χ1v) is 21.9. The molecule has 5 rings (SSSR count). The van der Waals surface area contributed by atoms with Crippen LogP contribution in [0.25, 0.3) is 11.1 Å². The number of hydrogen-bond acceptors (Lipinski definition) is 10. The molecule has 3 amide bonds. The zero-order valence-electron chi connectivity index (χ0n) is 36.7. The first-order chi connectivity index (χ1) is 29.0. The molecule has 1 aliphatic rings. The van der Waals surface area contributed by atoms with Crippen LogP contribution in [0, 0.1) is 17.3 Å². The highest BCUT2D eigenvalue weighted by atomic mass is 32.1. The number of amides is 3. The number of aromatic nitrogens is 1. The van der Waals surface area contributed by atoms with Crippen molar-refractivity contribution >= 4 is 41.2 Å². The monoisotopic (exact) mass is 852 g/mol. The molecule has 0 saturated carbocycles. The number of likely N-dealkylation sites (N-methyl/N-ethyl adjacent to an activating group) is 1. The molecular formula is C48H60N4O8S. The Labute approximate surface area is 363 Å². The van der Waals surface area contributed by atoms with Gasteiger partial charge in [-0.15, -0.1) is 11.3 Å². The van der Waals surface area contributed by atoms with Crippen molar-refractivity contribution in [2.45, 2.75) is 105 Å². The van der Waals surface area contributed by atoms with Gasteiger partial charge in [-0.25, -0.2) is 9.78 Å². The van der Waals surface area contributed by atoms with Gasteiger partial charge >= 0.3 is 18.0 Å². The molecule has 3 aromatic carbocycles. The fourth-order valence-corrected chi connectivity index (χ4v) is 8.81. The van der Waals surface area contributed by atoms with Crippen molar-refractivity contribution in [1.82, 2.24) is 20.5 Å². The second-order valence-electron chi connectivity index (χ2n) is 17.2. The van der Waals surface area contributed by atoms with Crippen LogP contribution in [0.15, 0.2) is 84.2 Å². The summed E-state index contributed by atoms with van der Waals surface area (Å²) < 4.78 is 16.9. The third-order valence-electron chi connectivity index (χ3n) is 11.1. The third-order valence-corrected chi connectivity index (χ3v) is 12.1. The summed E-state index contributed by atoms with van der Waals surface area (Å²) in [5, 5.41) is 7.95. The first-order valence-electron chi connectivity index (χ1n) is 21.0. The minimum atomic E-state index is -0.952. The summed E-state index contributed by atoms with van der Waals surface area (Å²) in [5.41, 5.74) is 4.85. The number of fused-ring (bicyclic) bond motifs is 3. The smallest absolute Gasteiger partial charge is 0.407 e. The normalized spacial score (nSPS) is 14.7. The minimum absolute atomic E-state index is 0.105. The predicted molar refractivity (Wildman–Crippen MR) is 236 cm³/mol. The molecule has 0 saturated heterocycles. The summed E-state index contributed by atoms with van der Waals surface area (Å²) in [5.74, 6) is -2.33. The van der Waals surface area contributed by atoms with Gasteiger partial charge < -0.3 is 29.7 Å². The van der Waals surface area contributed by atoms with Gasteiger partial charge in [-0.1, -0.05) is 120 Å². The van der Waals surface area contributed by atoms with Crippen LogP contribution in [0.5, 0.6) is 0 Å². The third kappa shape index (κ3) is 12.1. The van der Waals surface area contributed by atoms with Crippen molar-refractivity contribution in [2.75, 3.05) is 20.3 Å². The number of esters is 2. The lowest BCUT2D eigenvalue weighted by atomic mass is 9.85. The largest absolute Gasteiger partial charge is 0.466 e. The average Bonchev–Trinajstić information content (AvgIpc) is 3.84. The molecule has 0 radical (unpaired) electrons. The Bertz CT molecular complexity index is 2100. The predicted octanol–water partition coefficient (Wildman–Crippen LogP) is 8.50. The van der Waals surface area contributed by atoms with Crippen molar-refractivity contribution in [2.24, 2.45) is 17.3 Å². The molecule has 326 valence electrons. The summed E-state index contributed by atoms with van der Waals surface area (Å²) in [7, 11) is 1.68. The number of carbonyl (C=O) groups is 5. The van der Waals surface area contributed by atoms with E-state index < -0.39 is 53.5 Å². The topological polar surface area (TPSA) is 153 Å². The van der Waals surface area contributed by atoms with E-state index in [0.29, 0.717) is 17.8 Å². The molecule has 5 atom stereocenters. The average molecular weight is 853 g/mol. The van der Waals surface area contributed by atoms with Gasteiger partial charge in [0.15, 0.2) is 6.10 Å². The Hall–Kier alpha value is -5.56. The van der Waals surface area contributed by atoms with E-state index in [-0.39, 0.29) is 49.0 Å². The van der Waals surface area contributed by atoms with Gasteiger partial charge in [-0.3, -0.25) is 19.2 Å². The van der Waals surface area contributed by atoms with Gasteiger partial charge in [-0.2, -0.15) is 0 Å². The SMILES string of the molecule is CCOC(=O)C(C)CC(Cc1ccccc1)NC(=O)c1csc(C(CC(C(C)C)N(C)C(=O)C(NC(=O)OCC2c3ccccc3-c3ccccc32)C(C)(C)C)OC(C)=O)n1. The molecule has 4 aromatic rings. The lowest BCUT2D eigenvalue weighted by Gasteiger charge is -2.39. The van der Waals surface area contributed by atoms with E-state index in [9.17, 15) is 24.0 Å². The number of hydrogen-bond donors (Lipinski definition) is 2. The Balaban J connectivity index is 1.29. The van der Waals surface area contributed by atoms with Gasteiger partial charge in [-0.05, 0) is 58.9 Å². The molecule has 61 heavy (non-hydrogen) atoms. The number of carbonyl (C=O) groups excluding carboxylic acids is 5. The van der Waals surface area contributed by atoms with Gasteiger partial charge in [0.25, 0.3) is 5.91 Å². The van der Waals surface area contributed by atoms with E-state index in [1.54, 1.807) is 31.2 Å². The second kappa shape index (κ2) is 20.8. The number of ether oxygens (including phenoxy) is 3. The Morgan fingerprint density at radius 1 is 0.836 bits per heavy atom. The molecule has 1 heterocycles. The van der Waals surface area contributed by atoms with Crippen molar-refractivity contribution < 1.29 is 38.2 Å². The van der Waals surface area contributed by atoms with Crippen LogP contribution in [-0.4, -0.2) is 78.1 Å². The Morgan fingerprint density at radius 2 is 1.44 bits per heavy atom. The van der Waals surface area contributed by atoms with Crippen LogP contribution >= 0.6 is 11.3 Å². The van der Waals surface area contributed by atoms with Crippen LogP contribution < -0.4 is 10.6 Å². The van der Waals surface area contributed by atoms with Crippen molar-refractivity contribution in [3.8, 4) is 11.1 Å². The van der Waals surface area contributed by atoms with Crippen LogP contribution in [0.2, 0.25) is 0 Å². The maximum absolute atomic E-state index is 14.4. The maximum Gasteiger partial charge on any atom is 0.407 e. The summed E-state index contributed by atoms with van der Waals surface area (Å²) in [4.78, 5) is 72.9. The molecule has 2 N–H and O–H groups in total. The second-order valence-corrected chi connectivity index (χ2v) is 18.1. The highest BCUT2D eigenvalue weighted by Gasteiger charge is 2.40. The van der Waals surface area contributed by atoms with Crippen molar-refractivity contribution in [3.05, 3.63) is 112 Å². The molecule has 1 aromatic heterocycles. The van der Waals surface area contributed by atoms with E-state index in [1.165, 1.54) is 18.3 Å². The minimum Gasteiger partial charge on any atom is -0.466 e. The molecule has 0 bridgehead atoms. The standard InChI is InChI=1S/C48H60N4O8S/c1-10-58-46(56)30(4)24-33(25-32-18-12-11-13-19-32)49-43(54)39-28-61-44(50-39)41(60-31(5)53)26-40(29(2)3)52(9)45(55)42(48(6,7)8)51-47(57)59-27-38-36-22-16-14-20-34(36)35-21-15-17-23-37(35)38/h11-23,28-30,33,38,40-42H,10,24-27H2,1-9H3,(H,49,54)(H,51,57). The molecule has 5 unspecified atom stereocenters. The fraction of sp³-hybridized carbons (Fsp3) is 0.458. The van der Waals surface area contributed by atoms with Gasteiger partial charge in [0, 0.05) is 43.8 Å². The molecule has 0 fully saturated rings. The molecule has 0 spiro atoms. The quantitative estimate of drug-likeness (QED) is 0.0741. The van der Waals surface area contributed by atoms with Crippen LogP contribution in [-0.2, 0) is 35.0 Å². The number of thiazole rings is 1. The number of nitrogens with one attached hydrogen (secondary N) is 2. The lowest BCUT2D eigenvalue weighted by molar-refractivity contribution is -0.149. The number of nitrogens with zero attached hydrogens (tertiary/aromatic N) is 2. The van der Waals surface area contributed by atoms with Crippen molar-refractivity contribution in [1.29, 1.82) is 0 Å². The molecule has 12 nitrogen and oxygen atoms in total. The Kier molecular flexibility index (Phi) is 15.9. The number of rotatable bonds is 18. The summed E-state index contributed by atoms with van der Waals surface area (Å²) in [6.07, 6.45) is -0.541. The zero-order valence-corrected chi connectivity index (χ0v) is 37.5. The highest BCUT2D eigenvalue weighted by Crippen LogP contribution is 2.44. The highest BCUT2D eigenvalue weighted by molar-refractivity contribution is 7.09. The lowest BCUT2D eigenvalue weighted by Crippen LogP contribution is -2.56. The van der Waals surface area contributed by atoms with Gasteiger partial charge in [0.05, 0.1) is 12.5 Å². The van der Waals surface area contributed by atoms with Crippen LogP contribution in [0.4, 0.5) is 4.79 Å². The number of alkyl carbamates (subject to hydrolysis) is 1. The summed E-state index contributed by atoms with van der Waals surface area (Å²) in [6, 6.07) is 24.1. The maximum atomic E-state index is 14.4. The number of benzene rings is 3. The zero-order chi connectivity index (χ0) is 44.4. The Morgan fingerprint density at radius 3 is 2.02 bits per heavy atom. The van der Waals surface area contributed by atoms with E-state index in [4.69, 9.17) is 14.2 Å². The first kappa shape index (κ1) is 46.5. The van der Waals surface area contributed by atoms with Gasteiger partial charge in [0.2, 0.25) is 5.91 Å². The molecule has 1 aliphatic carbocycles.